The predicted molar refractivity (Wildman–Crippen MR) is 104 cm³/mol. The smallest absolute Gasteiger partial charge is 0.374 e. The molecule has 0 radical (unpaired) electrons. The Morgan fingerprint density at radius 3 is 2.64 bits per heavy atom. The van der Waals surface area contributed by atoms with Gasteiger partial charge >= 0.3 is 11.9 Å². The van der Waals surface area contributed by atoms with Crippen LogP contribution in [0, 0.1) is 0 Å². The molecule has 152 valence electrons. The van der Waals surface area contributed by atoms with Gasteiger partial charge < -0.3 is 14.2 Å². The van der Waals surface area contributed by atoms with Crippen LogP contribution in [0.5, 0.6) is 0 Å². The predicted octanol–water partition coefficient (Wildman–Crippen LogP) is 2.09. The Labute approximate surface area is 166 Å². The Hall–Kier alpha value is -2.26. The minimum atomic E-state index is -0.727. The van der Waals surface area contributed by atoms with Gasteiger partial charge in [0.1, 0.15) is 18.0 Å². The Balaban J connectivity index is 1.98. The molecule has 1 aliphatic carbocycles. The lowest BCUT2D eigenvalue weighted by molar-refractivity contribution is -0.145. The van der Waals surface area contributed by atoms with Gasteiger partial charge in [0.2, 0.25) is 5.82 Å². The largest absolute Gasteiger partial charge is 0.462 e. The van der Waals surface area contributed by atoms with Gasteiger partial charge in [0.15, 0.2) is 0 Å². The van der Waals surface area contributed by atoms with Crippen LogP contribution in [0.25, 0.3) is 10.2 Å². The molecule has 2 heterocycles. The Morgan fingerprint density at radius 2 is 1.89 bits per heavy atom. The molecule has 2 aromatic rings. The van der Waals surface area contributed by atoms with E-state index in [2.05, 4.69) is 4.98 Å². The summed E-state index contributed by atoms with van der Waals surface area (Å²) in [7, 11) is 0. The molecule has 0 saturated heterocycles. The van der Waals surface area contributed by atoms with Gasteiger partial charge in [-0.1, -0.05) is 0 Å². The lowest BCUT2D eigenvalue weighted by atomic mass is 9.97. The molecular formula is C19H24N2O6S. The molecule has 0 aromatic carbocycles. The van der Waals surface area contributed by atoms with Crippen LogP contribution in [-0.2, 0) is 38.4 Å². The number of fused-ring (bicyclic) bond motifs is 3. The molecule has 0 amide bonds. The van der Waals surface area contributed by atoms with E-state index in [4.69, 9.17) is 14.2 Å². The number of carbonyl (C=O) groups is 2. The fourth-order valence-electron chi connectivity index (χ4n) is 3.27. The minimum absolute atomic E-state index is 0.0830. The van der Waals surface area contributed by atoms with Crippen molar-refractivity contribution in [3.05, 3.63) is 26.6 Å². The highest BCUT2D eigenvalue weighted by atomic mass is 32.1. The summed E-state index contributed by atoms with van der Waals surface area (Å²) in [6.07, 6.45) is 3.80. The van der Waals surface area contributed by atoms with Gasteiger partial charge in [-0.2, -0.15) is 0 Å². The summed E-state index contributed by atoms with van der Waals surface area (Å²) >= 11 is 1.45. The molecule has 8 nitrogen and oxygen atoms in total. The van der Waals surface area contributed by atoms with Crippen molar-refractivity contribution >= 4 is 33.5 Å². The zero-order valence-corrected chi connectivity index (χ0v) is 16.9. The third kappa shape index (κ3) is 4.25. The SMILES string of the molecule is CCOCCOC(=O)Cn1c(C(=O)OCC)nc2sc3c(c2c1=O)CCCC3. The van der Waals surface area contributed by atoms with Gasteiger partial charge in [0.05, 0.1) is 18.6 Å². The second-order valence-corrected chi connectivity index (χ2v) is 7.44. The van der Waals surface area contributed by atoms with Crippen LogP contribution in [0.1, 0.15) is 47.7 Å². The second-order valence-electron chi connectivity index (χ2n) is 6.36. The van der Waals surface area contributed by atoms with E-state index in [1.807, 2.05) is 6.92 Å². The number of thiophene rings is 1. The zero-order chi connectivity index (χ0) is 20.1. The molecule has 0 spiro atoms. The van der Waals surface area contributed by atoms with E-state index in [-0.39, 0.29) is 25.6 Å². The summed E-state index contributed by atoms with van der Waals surface area (Å²) in [5, 5.41) is 0.509. The van der Waals surface area contributed by atoms with E-state index in [9.17, 15) is 14.4 Å². The lowest BCUT2D eigenvalue weighted by Crippen LogP contribution is -2.32. The Morgan fingerprint density at radius 1 is 1.11 bits per heavy atom. The number of esters is 2. The first-order chi connectivity index (χ1) is 13.6. The van der Waals surface area contributed by atoms with Crippen LogP contribution in [0.3, 0.4) is 0 Å². The van der Waals surface area contributed by atoms with Gasteiger partial charge in [0, 0.05) is 11.5 Å². The molecule has 0 fully saturated rings. The molecule has 0 unspecified atom stereocenters. The quantitative estimate of drug-likeness (QED) is 0.487. The number of hydrogen-bond donors (Lipinski definition) is 0. The maximum atomic E-state index is 13.2. The molecule has 3 rings (SSSR count). The third-order valence-corrected chi connectivity index (χ3v) is 5.70. The highest BCUT2D eigenvalue weighted by molar-refractivity contribution is 7.18. The van der Waals surface area contributed by atoms with Crippen LogP contribution >= 0.6 is 11.3 Å². The Kier molecular flexibility index (Phi) is 6.79. The van der Waals surface area contributed by atoms with E-state index in [0.29, 0.717) is 16.8 Å². The van der Waals surface area contributed by atoms with Crippen LogP contribution in [-0.4, -0.2) is 47.9 Å². The summed E-state index contributed by atoms with van der Waals surface area (Å²) in [5.74, 6) is -1.52. The Bertz CT molecular complexity index is 933. The van der Waals surface area contributed by atoms with Crippen molar-refractivity contribution in [2.75, 3.05) is 26.4 Å². The van der Waals surface area contributed by atoms with Crippen molar-refractivity contribution in [1.29, 1.82) is 0 Å². The molecule has 2 aromatic heterocycles. The molecule has 0 saturated carbocycles. The van der Waals surface area contributed by atoms with E-state index in [1.54, 1.807) is 6.92 Å². The molecule has 0 N–H and O–H groups in total. The van der Waals surface area contributed by atoms with Crippen molar-refractivity contribution in [3.8, 4) is 0 Å². The molecule has 9 heteroatoms. The normalized spacial score (nSPS) is 13.4. The van der Waals surface area contributed by atoms with Gasteiger partial charge in [-0.25, -0.2) is 9.78 Å². The van der Waals surface area contributed by atoms with E-state index >= 15 is 0 Å². The number of carbonyl (C=O) groups excluding carboxylic acids is 2. The fourth-order valence-corrected chi connectivity index (χ4v) is 4.52. The number of hydrogen-bond acceptors (Lipinski definition) is 8. The monoisotopic (exact) mass is 408 g/mol. The van der Waals surface area contributed by atoms with Crippen molar-refractivity contribution in [3.63, 3.8) is 0 Å². The average molecular weight is 408 g/mol. The highest BCUT2D eigenvalue weighted by Crippen LogP contribution is 2.33. The number of ether oxygens (including phenoxy) is 3. The third-order valence-electron chi connectivity index (χ3n) is 4.51. The summed E-state index contributed by atoms with van der Waals surface area (Å²) < 4.78 is 16.3. The van der Waals surface area contributed by atoms with Crippen LogP contribution in [0.15, 0.2) is 4.79 Å². The fraction of sp³-hybridized carbons (Fsp3) is 0.579. The van der Waals surface area contributed by atoms with Crippen LogP contribution in [0.2, 0.25) is 0 Å². The van der Waals surface area contributed by atoms with Crippen molar-refractivity contribution in [2.24, 2.45) is 0 Å². The summed E-state index contributed by atoms with van der Waals surface area (Å²) in [6.45, 7) is 4.14. The van der Waals surface area contributed by atoms with Gasteiger partial charge in [-0.05, 0) is 45.1 Å². The number of aryl methyl sites for hydroxylation is 2. The van der Waals surface area contributed by atoms with Crippen molar-refractivity contribution in [2.45, 2.75) is 46.1 Å². The first kappa shape index (κ1) is 20.5. The number of aromatic nitrogens is 2. The molecule has 0 bridgehead atoms. The average Bonchev–Trinajstić information content (AvgIpc) is 3.06. The van der Waals surface area contributed by atoms with Crippen molar-refractivity contribution in [1.82, 2.24) is 9.55 Å². The highest BCUT2D eigenvalue weighted by Gasteiger charge is 2.26. The van der Waals surface area contributed by atoms with Crippen LogP contribution < -0.4 is 5.56 Å². The van der Waals surface area contributed by atoms with E-state index < -0.39 is 24.0 Å². The molecular weight excluding hydrogens is 384 g/mol. The lowest BCUT2D eigenvalue weighted by Gasteiger charge is -2.13. The van der Waals surface area contributed by atoms with Gasteiger partial charge in [-0.15, -0.1) is 11.3 Å². The number of rotatable bonds is 8. The van der Waals surface area contributed by atoms with Gasteiger partial charge in [-0.3, -0.25) is 14.2 Å². The molecule has 28 heavy (non-hydrogen) atoms. The standard InChI is InChI=1S/C19H24N2O6S/c1-3-25-9-10-27-14(22)11-21-16(19(24)26-4-2)20-17-15(18(21)23)12-7-5-6-8-13(12)28-17/h3-11H2,1-2H3. The second kappa shape index (κ2) is 9.29. The van der Waals surface area contributed by atoms with Crippen LogP contribution in [0.4, 0.5) is 0 Å². The topological polar surface area (TPSA) is 96.7 Å². The number of nitrogens with zero attached hydrogens (tertiary/aromatic N) is 2. The summed E-state index contributed by atoms with van der Waals surface area (Å²) in [4.78, 5) is 43.8. The zero-order valence-electron chi connectivity index (χ0n) is 16.1. The van der Waals surface area contributed by atoms with E-state index in [0.717, 1.165) is 40.7 Å². The maximum Gasteiger partial charge on any atom is 0.374 e. The first-order valence-corrected chi connectivity index (χ1v) is 10.3. The van der Waals surface area contributed by atoms with Gasteiger partial charge in [0.25, 0.3) is 5.56 Å². The van der Waals surface area contributed by atoms with Crippen molar-refractivity contribution < 1.29 is 23.8 Å². The molecule has 0 aliphatic heterocycles. The summed E-state index contributed by atoms with van der Waals surface area (Å²) in [6, 6.07) is 0. The first-order valence-electron chi connectivity index (χ1n) is 9.52. The summed E-state index contributed by atoms with van der Waals surface area (Å²) in [5.41, 5.74) is 0.604. The molecule has 0 atom stereocenters. The van der Waals surface area contributed by atoms with E-state index in [1.165, 1.54) is 11.3 Å². The maximum absolute atomic E-state index is 13.2. The minimum Gasteiger partial charge on any atom is -0.462 e. The molecule has 1 aliphatic rings.